The van der Waals surface area contributed by atoms with E-state index in [2.05, 4.69) is 20.9 Å². The molecule has 2 rings (SSSR count). The summed E-state index contributed by atoms with van der Waals surface area (Å²) in [5, 5.41) is 21.8. The number of nitrogens with zero attached hydrogens (tertiary/aromatic N) is 3. The summed E-state index contributed by atoms with van der Waals surface area (Å²) in [6.45, 7) is 1.45. The number of hydrogen-bond donors (Lipinski definition) is 3. The first-order valence-electron chi connectivity index (χ1n) is 7.23. The molecule has 0 bridgehead atoms. The molecule has 0 spiro atoms. The zero-order valence-electron chi connectivity index (χ0n) is 12.1. The highest BCUT2D eigenvalue weighted by Crippen LogP contribution is 2.17. The molecule has 1 heterocycles. The van der Waals surface area contributed by atoms with Gasteiger partial charge < -0.3 is 10.4 Å². The molecule has 0 radical (unpaired) electrons. The van der Waals surface area contributed by atoms with Crippen molar-refractivity contribution in [3.8, 4) is 0 Å². The van der Waals surface area contributed by atoms with Crippen LogP contribution in [0.4, 0.5) is 4.79 Å². The fourth-order valence-corrected chi connectivity index (χ4v) is 2.36. The molecule has 1 aromatic heterocycles. The first-order chi connectivity index (χ1) is 10.0. The van der Waals surface area contributed by atoms with E-state index in [1.807, 2.05) is 0 Å². The van der Waals surface area contributed by atoms with Crippen molar-refractivity contribution in [2.24, 2.45) is 0 Å². The van der Waals surface area contributed by atoms with Crippen LogP contribution < -0.4 is 10.6 Å². The Morgan fingerprint density at radius 3 is 2.76 bits per heavy atom. The number of carbonyl (C=O) groups is 2. The maximum Gasteiger partial charge on any atom is 0.321 e. The van der Waals surface area contributed by atoms with E-state index < -0.39 is 18.0 Å². The molecule has 1 fully saturated rings. The van der Waals surface area contributed by atoms with Gasteiger partial charge in [-0.2, -0.15) is 0 Å². The number of imide groups is 1. The summed E-state index contributed by atoms with van der Waals surface area (Å²) in [6.07, 6.45) is 6.08. The topological polar surface area (TPSA) is 109 Å². The van der Waals surface area contributed by atoms with Crippen molar-refractivity contribution in [3.63, 3.8) is 0 Å². The van der Waals surface area contributed by atoms with Gasteiger partial charge in [-0.3, -0.25) is 10.1 Å². The van der Waals surface area contributed by atoms with E-state index in [1.54, 1.807) is 6.92 Å². The van der Waals surface area contributed by atoms with Crippen molar-refractivity contribution in [2.45, 2.75) is 57.7 Å². The van der Waals surface area contributed by atoms with Crippen molar-refractivity contribution in [1.82, 2.24) is 25.6 Å². The molecule has 0 aliphatic heterocycles. The number of aromatic nitrogens is 3. The van der Waals surface area contributed by atoms with E-state index >= 15 is 0 Å². The summed E-state index contributed by atoms with van der Waals surface area (Å²) < 4.78 is 1.28. The van der Waals surface area contributed by atoms with Crippen molar-refractivity contribution in [3.05, 3.63) is 11.9 Å². The molecular formula is C13H21N5O3. The molecule has 1 atom stereocenters. The van der Waals surface area contributed by atoms with Crippen LogP contribution in [0.15, 0.2) is 6.20 Å². The molecular weight excluding hydrogens is 274 g/mol. The molecule has 8 nitrogen and oxygen atoms in total. The van der Waals surface area contributed by atoms with E-state index in [9.17, 15) is 14.7 Å². The molecule has 8 heteroatoms. The first-order valence-corrected chi connectivity index (χ1v) is 7.23. The van der Waals surface area contributed by atoms with E-state index in [4.69, 9.17) is 0 Å². The Bertz CT molecular complexity index is 494. The average molecular weight is 295 g/mol. The van der Waals surface area contributed by atoms with Crippen LogP contribution in [-0.4, -0.2) is 38.1 Å². The van der Waals surface area contributed by atoms with Gasteiger partial charge in [-0.1, -0.05) is 24.5 Å². The summed E-state index contributed by atoms with van der Waals surface area (Å²) in [5.41, 5.74) is 0.384. The predicted molar refractivity (Wildman–Crippen MR) is 74.2 cm³/mol. The summed E-state index contributed by atoms with van der Waals surface area (Å²) in [7, 11) is 0. The van der Waals surface area contributed by atoms with Gasteiger partial charge in [0.2, 0.25) is 5.91 Å². The van der Waals surface area contributed by atoms with Crippen LogP contribution in [0, 0.1) is 0 Å². The quantitative estimate of drug-likeness (QED) is 0.749. The molecule has 0 saturated heterocycles. The van der Waals surface area contributed by atoms with Crippen LogP contribution in [0.5, 0.6) is 0 Å². The molecule has 0 aromatic carbocycles. The van der Waals surface area contributed by atoms with Crippen molar-refractivity contribution >= 4 is 11.9 Å². The van der Waals surface area contributed by atoms with E-state index in [0.717, 1.165) is 25.7 Å². The van der Waals surface area contributed by atoms with Crippen LogP contribution in [0.2, 0.25) is 0 Å². The molecule has 1 saturated carbocycles. The molecule has 1 aromatic rings. The lowest BCUT2D eigenvalue weighted by Gasteiger charge is -2.22. The van der Waals surface area contributed by atoms with Crippen LogP contribution in [0.25, 0.3) is 0 Å². The van der Waals surface area contributed by atoms with Gasteiger partial charge in [0, 0.05) is 6.04 Å². The number of hydrogen-bond acceptors (Lipinski definition) is 5. The van der Waals surface area contributed by atoms with E-state index in [-0.39, 0.29) is 12.6 Å². The lowest BCUT2D eigenvalue weighted by molar-refractivity contribution is -0.120. The summed E-state index contributed by atoms with van der Waals surface area (Å²) in [5.74, 6) is -0.467. The third-order valence-corrected chi connectivity index (χ3v) is 3.48. The van der Waals surface area contributed by atoms with Crippen LogP contribution in [0.3, 0.4) is 0 Å². The van der Waals surface area contributed by atoms with Gasteiger partial charge in [0.1, 0.15) is 12.2 Å². The minimum atomic E-state index is -0.739. The Labute approximate surface area is 122 Å². The second kappa shape index (κ2) is 7.16. The number of aliphatic hydroxyl groups excluding tert-OH is 1. The minimum absolute atomic E-state index is 0.113. The monoisotopic (exact) mass is 295 g/mol. The van der Waals surface area contributed by atoms with E-state index in [1.165, 1.54) is 17.3 Å². The third kappa shape index (κ3) is 4.82. The fourth-order valence-electron chi connectivity index (χ4n) is 2.36. The largest absolute Gasteiger partial charge is 0.387 e. The molecule has 1 unspecified atom stereocenters. The fraction of sp³-hybridized carbons (Fsp3) is 0.692. The van der Waals surface area contributed by atoms with Gasteiger partial charge in [0.15, 0.2) is 0 Å². The molecule has 116 valence electrons. The van der Waals surface area contributed by atoms with Gasteiger partial charge in [0.25, 0.3) is 0 Å². The molecule has 1 aliphatic rings. The average Bonchev–Trinajstić information content (AvgIpc) is 2.88. The van der Waals surface area contributed by atoms with Crippen LogP contribution in [-0.2, 0) is 11.3 Å². The highest BCUT2D eigenvalue weighted by molar-refractivity contribution is 5.94. The lowest BCUT2D eigenvalue weighted by Crippen LogP contribution is -2.46. The summed E-state index contributed by atoms with van der Waals surface area (Å²) in [6, 6.07) is -0.317. The zero-order valence-corrected chi connectivity index (χ0v) is 12.1. The standard InChI is InChI=1S/C13H21N5O3/c1-9(19)11-7-18(17-16-11)8-12(20)15-13(21)14-10-5-3-2-4-6-10/h7,9-10,19H,2-6,8H2,1H3,(H2,14,15,20,21). The zero-order chi connectivity index (χ0) is 15.2. The van der Waals surface area contributed by atoms with Gasteiger partial charge >= 0.3 is 6.03 Å². The molecule has 1 aliphatic carbocycles. The Balaban J connectivity index is 1.76. The lowest BCUT2D eigenvalue weighted by atomic mass is 9.96. The third-order valence-electron chi connectivity index (χ3n) is 3.48. The Kier molecular flexibility index (Phi) is 5.26. The Morgan fingerprint density at radius 1 is 1.43 bits per heavy atom. The second-order valence-corrected chi connectivity index (χ2v) is 5.37. The normalized spacial score (nSPS) is 17.2. The van der Waals surface area contributed by atoms with Gasteiger partial charge in [-0.15, -0.1) is 5.10 Å². The molecule has 3 N–H and O–H groups in total. The van der Waals surface area contributed by atoms with Gasteiger partial charge in [-0.25, -0.2) is 9.48 Å². The Morgan fingerprint density at radius 2 is 2.14 bits per heavy atom. The van der Waals surface area contributed by atoms with Crippen LogP contribution >= 0.6 is 0 Å². The highest BCUT2D eigenvalue weighted by atomic mass is 16.3. The number of nitrogens with one attached hydrogen (secondary N) is 2. The molecule has 3 amide bonds. The number of rotatable bonds is 4. The second-order valence-electron chi connectivity index (χ2n) is 5.37. The SMILES string of the molecule is CC(O)c1cn(CC(=O)NC(=O)NC2CCCCC2)nn1. The maximum atomic E-state index is 11.7. The number of amides is 3. The molecule has 21 heavy (non-hydrogen) atoms. The highest BCUT2D eigenvalue weighted by Gasteiger charge is 2.17. The smallest absolute Gasteiger partial charge is 0.321 e. The van der Waals surface area contributed by atoms with Crippen LogP contribution in [0.1, 0.15) is 50.8 Å². The van der Waals surface area contributed by atoms with Crippen molar-refractivity contribution in [1.29, 1.82) is 0 Å². The number of urea groups is 1. The van der Waals surface area contributed by atoms with Gasteiger partial charge in [-0.05, 0) is 19.8 Å². The number of carbonyl (C=O) groups excluding carboxylic acids is 2. The number of aliphatic hydroxyl groups is 1. The Hall–Kier alpha value is -1.96. The van der Waals surface area contributed by atoms with E-state index in [0.29, 0.717) is 5.69 Å². The summed E-state index contributed by atoms with van der Waals surface area (Å²) >= 11 is 0. The predicted octanol–water partition coefficient (Wildman–Crippen LogP) is 0.490. The van der Waals surface area contributed by atoms with Crippen molar-refractivity contribution < 1.29 is 14.7 Å². The first kappa shape index (κ1) is 15.4. The maximum absolute atomic E-state index is 11.7. The summed E-state index contributed by atoms with van der Waals surface area (Å²) in [4.78, 5) is 23.4. The van der Waals surface area contributed by atoms with Gasteiger partial charge in [0.05, 0.1) is 12.3 Å². The van der Waals surface area contributed by atoms with Crippen molar-refractivity contribution in [2.75, 3.05) is 0 Å². The minimum Gasteiger partial charge on any atom is -0.387 e.